The molecule has 0 aliphatic rings. The highest BCUT2D eigenvalue weighted by atomic mass is 35.5. The quantitative estimate of drug-likeness (QED) is 0.319. The Labute approximate surface area is 193 Å². The zero-order valence-corrected chi connectivity index (χ0v) is 19.0. The highest BCUT2D eigenvalue weighted by molar-refractivity contribution is 8.01. The van der Waals surface area contributed by atoms with Crippen LogP contribution in [0.3, 0.4) is 0 Å². The number of amides is 2. The Morgan fingerprint density at radius 1 is 1.10 bits per heavy atom. The van der Waals surface area contributed by atoms with E-state index >= 15 is 0 Å². The van der Waals surface area contributed by atoms with Crippen molar-refractivity contribution in [1.29, 1.82) is 0 Å². The number of halogens is 2. The fraction of sp³-hybridized carbons (Fsp3) is 0.0526. The van der Waals surface area contributed by atoms with Crippen molar-refractivity contribution < 1.29 is 9.59 Å². The number of carbonyl (C=O) groups is 2. The predicted octanol–water partition coefficient (Wildman–Crippen LogP) is 6.04. The number of hydrogen-bond donors (Lipinski definition) is 2. The van der Waals surface area contributed by atoms with Crippen LogP contribution in [0.5, 0.6) is 0 Å². The highest BCUT2D eigenvalue weighted by Gasteiger charge is 2.13. The van der Waals surface area contributed by atoms with E-state index < -0.39 is 0 Å². The number of hydrogen-bond acceptors (Lipinski definition) is 7. The number of anilines is 2. The molecule has 2 amide bonds. The van der Waals surface area contributed by atoms with E-state index in [0.29, 0.717) is 21.4 Å². The molecule has 4 rings (SSSR count). The fourth-order valence-electron chi connectivity index (χ4n) is 2.48. The molecule has 4 aromatic rings. The van der Waals surface area contributed by atoms with Crippen LogP contribution >= 0.6 is 57.6 Å². The van der Waals surface area contributed by atoms with Crippen LogP contribution in [0.15, 0.2) is 52.3 Å². The normalized spacial score (nSPS) is 10.9. The molecular weight excluding hydrogens is 483 g/mol. The molecule has 0 fully saturated rings. The Morgan fingerprint density at radius 2 is 1.97 bits per heavy atom. The molecule has 30 heavy (non-hydrogen) atoms. The van der Waals surface area contributed by atoms with Gasteiger partial charge in [0, 0.05) is 22.3 Å². The van der Waals surface area contributed by atoms with Crippen molar-refractivity contribution >= 4 is 90.5 Å². The lowest BCUT2D eigenvalue weighted by Gasteiger charge is -2.07. The van der Waals surface area contributed by atoms with Crippen LogP contribution in [0.2, 0.25) is 10.0 Å². The molecule has 0 saturated heterocycles. The van der Waals surface area contributed by atoms with Gasteiger partial charge in [0.25, 0.3) is 5.91 Å². The molecule has 0 saturated carbocycles. The summed E-state index contributed by atoms with van der Waals surface area (Å²) in [6.45, 7) is 0. The summed E-state index contributed by atoms with van der Waals surface area (Å²) < 4.78 is 1.67. The fourth-order valence-corrected chi connectivity index (χ4v) is 5.43. The van der Waals surface area contributed by atoms with Crippen molar-refractivity contribution in [1.82, 2.24) is 9.97 Å². The maximum absolute atomic E-state index is 12.5. The van der Waals surface area contributed by atoms with Crippen molar-refractivity contribution in [2.75, 3.05) is 16.4 Å². The van der Waals surface area contributed by atoms with Gasteiger partial charge in [0.15, 0.2) is 9.47 Å². The van der Waals surface area contributed by atoms with Gasteiger partial charge >= 0.3 is 0 Å². The largest absolute Gasteiger partial charge is 0.322 e. The molecule has 0 spiro atoms. The summed E-state index contributed by atoms with van der Waals surface area (Å²) in [7, 11) is 0. The number of fused-ring (bicyclic) bond motifs is 1. The van der Waals surface area contributed by atoms with E-state index in [1.165, 1.54) is 40.5 Å². The van der Waals surface area contributed by atoms with Crippen LogP contribution in [-0.4, -0.2) is 27.5 Å². The molecule has 6 nitrogen and oxygen atoms in total. The number of nitrogens with zero attached hydrogens (tertiary/aromatic N) is 2. The summed E-state index contributed by atoms with van der Waals surface area (Å²) in [6.07, 6.45) is 1.64. The number of rotatable bonds is 6. The molecular formula is C19H12Cl2N4O2S3. The van der Waals surface area contributed by atoms with Crippen LogP contribution in [0.4, 0.5) is 10.8 Å². The second-order valence-corrected chi connectivity index (χ2v) is 9.91. The molecule has 11 heteroatoms. The Morgan fingerprint density at radius 3 is 2.73 bits per heavy atom. The lowest BCUT2D eigenvalue weighted by atomic mass is 10.2. The monoisotopic (exact) mass is 494 g/mol. The van der Waals surface area contributed by atoms with Crippen LogP contribution in [0, 0.1) is 0 Å². The first-order chi connectivity index (χ1) is 14.5. The molecule has 0 atom stereocenters. The van der Waals surface area contributed by atoms with Gasteiger partial charge in [-0.3, -0.25) is 9.59 Å². The molecule has 0 bridgehead atoms. The van der Waals surface area contributed by atoms with Crippen molar-refractivity contribution in [2.45, 2.75) is 4.34 Å². The van der Waals surface area contributed by atoms with E-state index in [1.807, 2.05) is 12.1 Å². The first-order valence-electron chi connectivity index (χ1n) is 8.47. The van der Waals surface area contributed by atoms with Crippen molar-refractivity contribution in [3.63, 3.8) is 0 Å². The van der Waals surface area contributed by atoms with Crippen LogP contribution in [-0.2, 0) is 4.79 Å². The summed E-state index contributed by atoms with van der Waals surface area (Å²) in [6, 6.07) is 10.2. The zero-order valence-electron chi connectivity index (χ0n) is 15.0. The second kappa shape index (κ2) is 9.32. The van der Waals surface area contributed by atoms with Gasteiger partial charge in [-0.05, 0) is 36.4 Å². The maximum Gasteiger partial charge on any atom is 0.257 e. The summed E-state index contributed by atoms with van der Waals surface area (Å²) in [4.78, 5) is 33.0. The van der Waals surface area contributed by atoms with Gasteiger partial charge in [0.2, 0.25) is 5.91 Å². The van der Waals surface area contributed by atoms with E-state index in [4.69, 9.17) is 23.2 Å². The summed E-state index contributed by atoms with van der Waals surface area (Å²) in [5.41, 5.74) is 1.76. The molecule has 0 aliphatic heterocycles. The SMILES string of the molecule is O=C(CSc1nc2ccc(NC(=O)c3ccc(Cl)cc3Cl)cc2s1)Nc1nccs1. The standard InChI is InChI=1S/C19H12Cl2N4O2S3/c20-10-1-3-12(13(21)7-10)17(27)23-11-2-4-14-15(8-11)30-19(24-14)29-9-16(26)25-18-22-5-6-28-18/h1-8H,9H2,(H,23,27)(H,22,25,26). The third kappa shape index (κ3) is 5.11. The summed E-state index contributed by atoms with van der Waals surface area (Å²) in [5.74, 6) is -0.228. The minimum Gasteiger partial charge on any atom is -0.322 e. The molecule has 2 aromatic carbocycles. The number of aromatic nitrogens is 2. The number of nitrogens with one attached hydrogen (secondary N) is 2. The van der Waals surface area contributed by atoms with Crippen LogP contribution < -0.4 is 10.6 Å². The third-order valence-electron chi connectivity index (χ3n) is 3.81. The second-order valence-electron chi connectivity index (χ2n) is 5.91. The zero-order chi connectivity index (χ0) is 21.1. The third-order valence-corrected chi connectivity index (χ3v) is 7.21. The Balaban J connectivity index is 1.42. The van der Waals surface area contributed by atoms with Crippen LogP contribution in [0.25, 0.3) is 10.2 Å². The van der Waals surface area contributed by atoms with E-state index in [0.717, 1.165) is 14.6 Å². The molecule has 2 N–H and O–H groups in total. The average molecular weight is 495 g/mol. The first-order valence-corrected chi connectivity index (χ1v) is 11.9. The van der Waals surface area contributed by atoms with Gasteiger partial charge in [-0.1, -0.05) is 35.0 Å². The Hall–Kier alpha value is -2.17. The van der Waals surface area contributed by atoms with Crippen molar-refractivity contribution in [3.8, 4) is 0 Å². The Kier molecular flexibility index (Phi) is 6.55. The lowest BCUT2D eigenvalue weighted by molar-refractivity contribution is -0.113. The van der Waals surface area contributed by atoms with Gasteiger partial charge < -0.3 is 10.6 Å². The van der Waals surface area contributed by atoms with E-state index in [9.17, 15) is 9.59 Å². The smallest absolute Gasteiger partial charge is 0.257 e. The summed E-state index contributed by atoms with van der Waals surface area (Å²) >= 11 is 16.2. The van der Waals surface area contributed by atoms with Gasteiger partial charge in [-0.25, -0.2) is 9.97 Å². The van der Waals surface area contributed by atoms with Gasteiger partial charge in [0.05, 0.1) is 26.6 Å². The van der Waals surface area contributed by atoms with Crippen LogP contribution in [0.1, 0.15) is 10.4 Å². The maximum atomic E-state index is 12.5. The first kappa shape index (κ1) is 21.1. The molecule has 2 aromatic heterocycles. The molecule has 2 heterocycles. The molecule has 0 aliphatic carbocycles. The average Bonchev–Trinajstić information content (AvgIpc) is 3.35. The number of carbonyl (C=O) groups excluding carboxylic acids is 2. The van der Waals surface area contributed by atoms with Crippen molar-refractivity contribution in [3.05, 3.63) is 63.6 Å². The molecule has 0 unspecified atom stereocenters. The minimum atomic E-state index is -0.325. The minimum absolute atomic E-state index is 0.137. The lowest BCUT2D eigenvalue weighted by Crippen LogP contribution is -2.13. The van der Waals surface area contributed by atoms with Gasteiger partial charge in [0.1, 0.15) is 0 Å². The Bertz CT molecular complexity index is 1230. The van der Waals surface area contributed by atoms with E-state index in [-0.39, 0.29) is 22.6 Å². The highest BCUT2D eigenvalue weighted by Crippen LogP contribution is 2.32. The topological polar surface area (TPSA) is 84.0 Å². The number of benzene rings is 2. The van der Waals surface area contributed by atoms with Gasteiger partial charge in [-0.15, -0.1) is 22.7 Å². The number of thioether (sulfide) groups is 1. The summed E-state index contributed by atoms with van der Waals surface area (Å²) in [5, 5.41) is 8.69. The predicted molar refractivity (Wildman–Crippen MR) is 126 cm³/mol. The molecule has 152 valence electrons. The van der Waals surface area contributed by atoms with Gasteiger partial charge in [-0.2, -0.15) is 0 Å². The van der Waals surface area contributed by atoms with E-state index in [2.05, 4.69) is 20.6 Å². The van der Waals surface area contributed by atoms with E-state index in [1.54, 1.807) is 29.8 Å². The number of thiazole rings is 2. The molecule has 0 radical (unpaired) electrons. The van der Waals surface area contributed by atoms with Crippen molar-refractivity contribution in [2.24, 2.45) is 0 Å².